The van der Waals surface area contributed by atoms with E-state index in [-0.39, 0.29) is 12.0 Å². The summed E-state index contributed by atoms with van der Waals surface area (Å²) in [5, 5.41) is 2.93. The van der Waals surface area contributed by atoms with E-state index in [0.717, 1.165) is 22.6 Å². The molecule has 1 N–H and O–H groups in total. The fraction of sp³-hybridized carbons (Fsp3) is 0.350. The number of ether oxygens (including phenoxy) is 2. The minimum Gasteiger partial charge on any atom is -0.494 e. The van der Waals surface area contributed by atoms with Gasteiger partial charge in [0.1, 0.15) is 5.75 Å². The molecule has 0 saturated carbocycles. The molecule has 2 aromatic rings. The van der Waals surface area contributed by atoms with Gasteiger partial charge in [0.2, 0.25) is 0 Å². The van der Waals surface area contributed by atoms with Gasteiger partial charge < -0.3 is 14.8 Å². The number of nitrogens with one attached hydrogen (secondary N) is 1. The highest BCUT2D eigenvalue weighted by Crippen LogP contribution is 2.20. The van der Waals surface area contributed by atoms with E-state index in [2.05, 4.69) is 5.32 Å². The van der Waals surface area contributed by atoms with Crippen LogP contribution in [-0.4, -0.2) is 18.6 Å². The van der Waals surface area contributed by atoms with Crippen LogP contribution in [0.4, 0.5) is 5.69 Å². The first-order valence-electron chi connectivity index (χ1n) is 8.25. The van der Waals surface area contributed by atoms with Gasteiger partial charge >= 0.3 is 0 Å². The van der Waals surface area contributed by atoms with Crippen LogP contribution in [0.3, 0.4) is 0 Å². The van der Waals surface area contributed by atoms with Crippen LogP contribution < -0.4 is 10.1 Å². The first kappa shape index (κ1) is 18.0. The summed E-state index contributed by atoms with van der Waals surface area (Å²) in [5.74, 6) is 0.671. The van der Waals surface area contributed by atoms with Crippen LogP contribution in [0.25, 0.3) is 0 Å². The van der Waals surface area contributed by atoms with Gasteiger partial charge in [0, 0.05) is 11.3 Å². The molecule has 0 heterocycles. The Morgan fingerprint density at radius 1 is 1.17 bits per heavy atom. The molecule has 4 nitrogen and oxygen atoms in total. The third-order valence-electron chi connectivity index (χ3n) is 3.51. The molecule has 0 unspecified atom stereocenters. The second-order valence-corrected chi connectivity index (χ2v) is 5.93. The maximum atomic E-state index is 12.4. The van der Waals surface area contributed by atoms with Crippen LogP contribution in [0.5, 0.6) is 5.75 Å². The molecule has 0 aliphatic rings. The Morgan fingerprint density at radius 3 is 2.62 bits per heavy atom. The van der Waals surface area contributed by atoms with Crippen LogP contribution in [-0.2, 0) is 11.3 Å². The van der Waals surface area contributed by atoms with Crippen LogP contribution in [0.15, 0.2) is 42.5 Å². The van der Waals surface area contributed by atoms with Crippen molar-refractivity contribution in [3.8, 4) is 5.75 Å². The molecule has 0 saturated heterocycles. The predicted molar refractivity (Wildman–Crippen MR) is 96.7 cm³/mol. The molecule has 128 valence electrons. The summed E-state index contributed by atoms with van der Waals surface area (Å²) < 4.78 is 11.1. The summed E-state index contributed by atoms with van der Waals surface area (Å²) in [7, 11) is 0. The SMILES string of the molecule is CCOc1ccc(C(=O)Nc2cccc(COC(C)C)c2)cc1C. The van der Waals surface area contributed by atoms with Crippen molar-refractivity contribution in [2.45, 2.75) is 40.4 Å². The van der Waals surface area contributed by atoms with Gasteiger partial charge in [0.15, 0.2) is 0 Å². The van der Waals surface area contributed by atoms with E-state index in [1.165, 1.54) is 0 Å². The third-order valence-corrected chi connectivity index (χ3v) is 3.51. The quantitative estimate of drug-likeness (QED) is 0.810. The maximum Gasteiger partial charge on any atom is 0.255 e. The maximum absolute atomic E-state index is 12.4. The molecule has 0 bridgehead atoms. The minimum absolute atomic E-state index is 0.136. The Bertz CT molecular complexity index is 695. The Morgan fingerprint density at radius 2 is 1.96 bits per heavy atom. The smallest absolute Gasteiger partial charge is 0.255 e. The molecule has 0 aromatic heterocycles. The summed E-state index contributed by atoms with van der Waals surface area (Å²) >= 11 is 0. The second-order valence-electron chi connectivity index (χ2n) is 5.93. The van der Waals surface area contributed by atoms with Crippen molar-refractivity contribution in [2.24, 2.45) is 0 Å². The van der Waals surface area contributed by atoms with E-state index in [4.69, 9.17) is 9.47 Å². The lowest BCUT2D eigenvalue weighted by molar-refractivity contribution is 0.0657. The highest BCUT2D eigenvalue weighted by atomic mass is 16.5. The molecular weight excluding hydrogens is 302 g/mol. The highest BCUT2D eigenvalue weighted by Gasteiger charge is 2.09. The summed E-state index contributed by atoms with van der Waals surface area (Å²) in [4.78, 5) is 12.4. The fourth-order valence-electron chi connectivity index (χ4n) is 2.31. The van der Waals surface area contributed by atoms with Gasteiger partial charge in [0.25, 0.3) is 5.91 Å². The second kappa shape index (κ2) is 8.50. The summed E-state index contributed by atoms with van der Waals surface area (Å²) in [5.41, 5.74) is 3.35. The number of aryl methyl sites for hydroxylation is 1. The van der Waals surface area contributed by atoms with E-state index < -0.39 is 0 Å². The zero-order valence-corrected chi connectivity index (χ0v) is 14.8. The van der Waals surface area contributed by atoms with Crippen molar-refractivity contribution in [2.75, 3.05) is 11.9 Å². The van der Waals surface area contributed by atoms with E-state index in [0.29, 0.717) is 18.8 Å². The molecule has 0 radical (unpaired) electrons. The molecule has 0 aliphatic carbocycles. The number of carbonyl (C=O) groups excluding carboxylic acids is 1. The van der Waals surface area contributed by atoms with Gasteiger partial charge in [-0.2, -0.15) is 0 Å². The van der Waals surface area contributed by atoms with Crippen molar-refractivity contribution >= 4 is 11.6 Å². The molecule has 0 aliphatic heterocycles. The van der Waals surface area contributed by atoms with Crippen molar-refractivity contribution in [1.82, 2.24) is 0 Å². The van der Waals surface area contributed by atoms with E-state index >= 15 is 0 Å². The normalized spacial score (nSPS) is 10.7. The molecule has 1 amide bonds. The first-order valence-corrected chi connectivity index (χ1v) is 8.25. The number of anilines is 1. The van der Waals surface area contributed by atoms with Crippen molar-refractivity contribution in [3.63, 3.8) is 0 Å². The largest absolute Gasteiger partial charge is 0.494 e. The van der Waals surface area contributed by atoms with Gasteiger partial charge in [-0.15, -0.1) is 0 Å². The molecule has 2 rings (SSSR count). The van der Waals surface area contributed by atoms with Gasteiger partial charge in [-0.1, -0.05) is 12.1 Å². The van der Waals surface area contributed by atoms with Crippen LogP contribution in [0.1, 0.15) is 42.3 Å². The van der Waals surface area contributed by atoms with Crippen molar-refractivity contribution < 1.29 is 14.3 Å². The number of benzene rings is 2. The number of carbonyl (C=O) groups is 1. The molecule has 2 aromatic carbocycles. The number of hydrogen-bond acceptors (Lipinski definition) is 3. The van der Waals surface area contributed by atoms with Crippen LogP contribution in [0.2, 0.25) is 0 Å². The molecule has 0 fully saturated rings. The highest BCUT2D eigenvalue weighted by molar-refractivity contribution is 6.04. The summed E-state index contributed by atoms with van der Waals surface area (Å²) in [6, 6.07) is 13.2. The monoisotopic (exact) mass is 327 g/mol. The van der Waals surface area contributed by atoms with Gasteiger partial charge in [-0.3, -0.25) is 4.79 Å². The van der Waals surface area contributed by atoms with Gasteiger partial charge in [-0.25, -0.2) is 0 Å². The number of rotatable bonds is 7. The van der Waals surface area contributed by atoms with E-state index in [1.807, 2.05) is 64.1 Å². The lowest BCUT2D eigenvalue weighted by atomic mass is 10.1. The zero-order valence-electron chi connectivity index (χ0n) is 14.8. The van der Waals surface area contributed by atoms with Crippen LogP contribution >= 0.6 is 0 Å². The Balaban J connectivity index is 2.06. The average molecular weight is 327 g/mol. The van der Waals surface area contributed by atoms with Crippen molar-refractivity contribution in [3.05, 3.63) is 59.2 Å². The lowest BCUT2D eigenvalue weighted by Crippen LogP contribution is -2.12. The fourth-order valence-corrected chi connectivity index (χ4v) is 2.31. The van der Waals surface area contributed by atoms with Gasteiger partial charge in [0.05, 0.1) is 19.3 Å². The Kier molecular flexibility index (Phi) is 6.38. The third kappa shape index (κ3) is 5.10. The molecule has 0 spiro atoms. The lowest BCUT2D eigenvalue weighted by Gasteiger charge is -2.11. The Hall–Kier alpha value is -2.33. The number of hydrogen-bond donors (Lipinski definition) is 1. The molecule has 0 atom stereocenters. The van der Waals surface area contributed by atoms with E-state index in [9.17, 15) is 4.79 Å². The van der Waals surface area contributed by atoms with E-state index in [1.54, 1.807) is 6.07 Å². The molecule has 4 heteroatoms. The first-order chi connectivity index (χ1) is 11.5. The predicted octanol–water partition coefficient (Wildman–Crippen LogP) is 4.57. The average Bonchev–Trinajstić information content (AvgIpc) is 2.55. The summed E-state index contributed by atoms with van der Waals surface area (Å²) in [6.45, 7) is 9.02. The number of amides is 1. The van der Waals surface area contributed by atoms with Crippen molar-refractivity contribution in [1.29, 1.82) is 0 Å². The minimum atomic E-state index is -0.136. The molecule has 24 heavy (non-hydrogen) atoms. The summed E-state index contributed by atoms with van der Waals surface area (Å²) in [6.07, 6.45) is 0.176. The Labute approximate surface area is 143 Å². The topological polar surface area (TPSA) is 47.6 Å². The standard InChI is InChI=1S/C20H25NO3/c1-5-23-19-10-9-17(11-15(19)4)20(22)21-18-8-6-7-16(12-18)13-24-14(2)3/h6-12,14H,5,13H2,1-4H3,(H,21,22). The zero-order chi connectivity index (χ0) is 17.5. The van der Waals surface area contributed by atoms with Crippen LogP contribution in [0, 0.1) is 6.92 Å². The van der Waals surface area contributed by atoms with Gasteiger partial charge in [-0.05, 0) is 69.2 Å². The molecular formula is C20H25NO3.